The van der Waals surface area contributed by atoms with Crippen molar-refractivity contribution >= 4 is 11.6 Å². The minimum absolute atomic E-state index is 0.108. The van der Waals surface area contributed by atoms with Crippen molar-refractivity contribution in [2.75, 3.05) is 19.8 Å². The normalized spacial score (nSPS) is 12.2. The number of nitrogens with zero attached hydrogens (tertiary/aromatic N) is 5. The SMILES string of the molecule is CN(C)Cc1ccn2c(-c3ccnc(N)n3)c(C(C)(C)C)nc2c1. The number of aromatic nitrogens is 4. The van der Waals surface area contributed by atoms with Gasteiger partial charge >= 0.3 is 0 Å². The number of pyridine rings is 1. The lowest BCUT2D eigenvalue weighted by Gasteiger charge is -2.17. The van der Waals surface area contributed by atoms with Gasteiger partial charge in [0.1, 0.15) is 5.65 Å². The van der Waals surface area contributed by atoms with Crippen molar-refractivity contribution in [2.24, 2.45) is 0 Å². The zero-order chi connectivity index (χ0) is 17.5. The van der Waals surface area contributed by atoms with Crippen LogP contribution < -0.4 is 5.73 Å². The first-order valence-electron chi connectivity index (χ1n) is 8.01. The van der Waals surface area contributed by atoms with Gasteiger partial charge in [0.25, 0.3) is 0 Å². The molecule has 6 heteroatoms. The second kappa shape index (κ2) is 5.87. The number of rotatable bonds is 3. The molecule has 24 heavy (non-hydrogen) atoms. The fourth-order valence-electron chi connectivity index (χ4n) is 2.82. The number of anilines is 1. The van der Waals surface area contributed by atoms with Crippen molar-refractivity contribution in [3.63, 3.8) is 0 Å². The first kappa shape index (κ1) is 16.4. The van der Waals surface area contributed by atoms with Crippen LogP contribution in [-0.2, 0) is 12.0 Å². The van der Waals surface area contributed by atoms with Crippen LogP contribution in [0.2, 0.25) is 0 Å². The molecule has 0 aromatic carbocycles. The number of hydrogen-bond donors (Lipinski definition) is 1. The van der Waals surface area contributed by atoms with Gasteiger partial charge in [0.2, 0.25) is 5.95 Å². The van der Waals surface area contributed by atoms with Gasteiger partial charge in [-0.1, -0.05) is 20.8 Å². The maximum absolute atomic E-state index is 5.79. The second-order valence-corrected chi connectivity index (χ2v) is 7.36. The zero-order valence-corrected chi connectivity index (χ0v) is 14.9. The van der Waals surface area contributed by atoms with Crippen LogP contribution in [0.4, 0.5) is 5.95 Å². The second-order valence-electron chi connectivity index (χ2n) is 7.36. The van der Waals surface area contributed by atoms with Crippen molar-refractivity contribution in [2.45, 2.75) is 32.7 Å². The van der Waals surface area contributed by atoms with Crippen molar-refractivity contribution < 1.29 is 0 Å². The highest BCUT2D eigenvalue weighted by Gasteiger charge is 2.25. The molecule has 2 N–H and O–H groups in total. The summed E-state index contributed by atoms with van der Waals surface area (Å²) in [6.45, 7) is 7.35. The Morgan fingerprint density at radius 3 is 2.54 bits per heavy atom. The largest absolute Gasteiger partial charge is 0.368 e. The number of nitrogen functional groups attached to an aromatic ring is 1. The van der Waals surface area contributed by atoms with Gasteiger partial charge in [-0.05, 0) is 37.9 Å². The van der Waals surface area contributed by atoms with Crippen molar-refractivity contribution in [3.05, 3.63) is 41.9 Å². The Morgan fingerprint density at radius 1 is 1.17 bits per heavy atom. The summed E-state index contributed by atoms with van der Waals surface area (Å²) in [5.74, 6) is 0.270. The van der Waals surface area contributed by atoms with Crippen LogP contribution in [0.25, 0.3) is 17.0 Å². The van der Waals surface area contributed by atoms with E-state index in [2.05, 4.69) is 72.5 Å². The highest BCUT2D eigenvalue weighted by Crippen LogP contribution is 2.32. The molecule has 0 radical (unpaired) electrons. The third-order valence-corrected chi connectivity index (χ3v) is 3.82. The van der Waals surface area contributed by atoms with E-state index in [4.69, 9.17) is 10.7 Å². The van der Waals surface area contributed by atoms with Crippen molar-refractivity contribution in [3.8, 4) is 11.4 Å². The highest BCUT2D eigenvalue weighted by molar-refractivity contribution is 5.66. The van der Waals surface area contributed by atoms with Gasteiger partial charge in [0.05, 0.1) is 17.1 Å². The van der Waals surface area contributed by atoms with Crippen LogP contribution in [0.1, 0.15) is 32.0 Å². The van der Waals surface area contributed by atoms with Crippen LogP contribution in [0.3, 0.4) is 0 Å². The Labute approximate surface area is 142 Å². The number of hydrogen-bond acceptors (Lipinski definition) is 5. The fraction of sp³-hybridized carbons (Fsp3) is 0.389. The smallest absolute Gasteiger partial charge is 0.220 e. The molecule has 3 aromatic heterocycles. The van der Waals surface area contributed by atoms with E-state index in [0.29, 0.717) is 0 Å². The maximum atomic E-state index is 5.79. The summed E-state index contributed by atoms with van der Waals surface area (Å²) in [6.07, 6.45) is 3.74. The maximum Gasteiger partial charge on any atom is 0.220 e. The van der Waals surface area contributed by atoms with E-state index in [1.807, 2.05) is 6.07 Å². The molecule has 0 unspecified atom stereocenters. The lowest BCUT2D eigenvalue weighted by atomic mass is 9.90. The van der Waals surface area contributed by atoms with Crippen molar-refractivity contribution in [1.82, 2.24) is 24.3 Å². The molecular formula is C18H24N6. The standard InChI is InChI=1S/C18H24N6/c1-18(2,3)16-15(13-6-8-20-17(19)21-13)24-9-7-12(11-23(4)5)10-14(24)22-16/h6-10H,11H2,1-5H3,(H2,19,20,21). The molecule has 0 bridgehead atoms. The average molecular weight is 324 g/mol. The average Bonchev–Trinajstić information content (AvgIpc) is 2.85. The van der Waals surface area contributed by atoms with Gasteiger partial charge in [-0.15, -0.1) is 0 Å². The lowest BCUT2D eigenvalue weighted by molar-refractivity contribution is 0.402. The first-order chi connectivity index (χ1) is 11.3. The number of fused-ring (bicyclic) bond motifs is 1. The van der Waals surface area contributed by atoms with Gasteiger partial charge in [0.15, 0.2) is 0 Å². The van der Waals surface area contributed by atoms with E-state index in [1.165, 1.54) is 5.56 Å². The molecule has 126 valence electrons. The van der Waals surface area contributed by atoms with E-state index in [9.17, 15) is 0 Å². The van der Waals surface area contributed by atoms with Crippen molar-refractivity contribution in [1.29, 1.82) is 0 Å². The Bertz CT molecular complexity index is 873. The Morgan fingerprint density at radius 2 is 1.92 bits per heavy atom. The Balaban J connectivity index is 2.25. The summed E-state index contributed by atoms with van der Waals surface area (Å²) in [7, 11) is 4.12. The van der Waals surface area contributed by atoms with Gasteiger partial charge in [0, 0.05) is 24.4 Å². The lowest BCUT2D eigenvalue weighted by Crippen LogP contribution is -2.14. The molecule has 3 aromatic rings. The Kier molecular flexibility index (Phi) is 4.01. The van der Waals surface area contributed by atoms with Gasteiger partial charge < -0.3 is 10.6 Å². The highest BCUT2D eigenvalue weighted by atomic mass is 15.1. The van der Waals surface area contributed by atoms with Crippen LogP contribution in [0.5, 0.6) is 0 Å². The molecule has 0 atom stereocenters. The summed E-state index contributed by atoms with van der Waals surface area (Å²) in [4.78, 5) is 15.5. The molecule has 3 heterocycles. The molecular weight excluding hydrogens is 300 g/mol. The summed E-state index contributed by atoms with van der Waals surface area (Å²) in [5.41, 5.74) is 10.6. The minimum atomic E-state index is -0.108. The third-order valence-electron chi connectivity index (χ3n) is 3.82. The van der Waals surface area contributed by atoms with Gasteiger partial charge in [-0.3, -0.25) is 4.40 Å². The monoisotopic (exact) mass is 324 g/mol. The number of imidazole rings is 1. The molecule has 0 aliphatic heterocycles. The van der Waals surface area contributed by atoms with Crippen LogP contribution in [0, 0.1) is 0 Å². The molecule has 0 amide bonds. The summed E-state index contributed by atoms with van der Waals surface area (Å²) in [5, 5.41) is 0. The summed E-state index contributed by atoms with van der Waals surface area (Å²) < 4.78 is 2.08. The molecule has 0 spiro atoms. The summed E-state index contributed by atoms with van der Waals surface area (Å²) in [6, 6.07) is 6.13. The molecule has 0 saturated heterocycles. The van der Waals surface area contributed by atoms with E-state index in [0.717, 1.165) is 29.3 Å². The van der Waals surface area contributed by atoms with E-state index in [-0.39, 0.29) is 11.4 Å². The Hall–Kier alpha value is -2.47. The zero-order valence-electron chi connectivity index (χ0n) is 14.9. The van der Waals surface area contributed by atoms with Crippen LogP contribution in [-0.4, -0.2) is 38.3 Å². The van der Waals surface area contributed by atoms with Crippen LogP contribution >= 0.6 is 0 Å². The number of nitrogens with two attached hydrogens (primary N) is 1. The third kappa shape index (κ3) is 3.10. The van der Waals surface area contributed by atoms with E-state index >= 15 is 0 Å². The predicted molar refractivity (Wildman–Crippen MR) is 96.7 cm³/mol. The summed E-state index contributed by atoms with van der Waals surface area (Å²) >= 11 is 0. The minimum Gasteiger partial charge on any atom is -0.368 e. The topological polar surface area (TPSA) is 72.3 Å². The molecule has 0 aliphatic carbocycles. The predicted octanol–water partition coefficient (Wildman–Crippen LogP) is 2.73. The van der Waals surface area contributed by atoms with E-state index < -0.39 is 0 Å². The fourth-order valence-corrected chi connectivity index (χ4v) is 2.82. The molecule has 3 rings (SSSR count). The van der Waals surface area contributed by atoms with Crippen LogP contribution in [0.15, 0.2) is 30.6 Å². The first-order valence-corrected chi connectivity index (χ1v) is 8.01. The van der Waals surface area contributed by atoms with E-state index in [1.54, 1.807) is 6.20 Å². The quantitative estimate of drug-likeness (QED) is 0.802. The molecule has 6 nitrogen and oxygen atoms in total. The van der Waals surface area contributed by atoms with Gasteiger partial charge in [-0.25, -0.2) is 15.0 Å². The molecule has 0 aliphatic rings. The van der Waals surface area contributed by atoms with Gasteiger partial charge in [-0.2, -0.15) is 0 Å². The molecule has 0 fully saturated rings. The molecule has 0 saturated carbocycles.